The van der Waals surface area contributed by atoms with Crippen LogP contribution in [0.4, 0.5) is 10.9 Å². The summed E-state index contributed by atoms with van der Waals surface area (Å²) in [5, 5.41) is 3.28. The third-order valence-corrected chi connectivity index (χ3v) is 5.05. The number of aromatic amines is 1. The van der Waals surface area contributed by atoms with Crippen LogP contribution >= 0.6 is 11.3 Å². The van der Waals surface area contributed by atoms with Gasteiger partial charge in [-0.3, -0.25) is 4.90 Å². The molecule has 0 aliphatic carbocycles. The van der Waals surface area contributed by atoms with Crippen LogP contribution in [0.15, 0.2) is 60.1 Å². The maximum absolute atomic E-state index is 4.82. The van der Waals surface area contributed by atoms with Crippen molar-refractivity contribution in [2.45, 2.75) is 0 Å². The highest BCUT2D eigenvalue weighted by atomic mass is 32.1. The van der Waals surface area contributed by atoms with E-state index in [1.807, 2.05) is 18.3 Å². The Hall–Kier alpha value is -2.40. The second-order valence-corrected chi connectivity index (χ2v) is 6.44. The van der Waals surface area contributed by atoms with Gasteiger partial charge in [0.1, 0.15) is 13.1 Å². The van der Waals surface area contributed by atoms with Crippen LogP contribution in [0.25, 0.3) is 11.3 Å². The maximum Gasteiger partial charge on any atom is 0.274 e. The van der Waals surface area contributed by atoms with E-state index in [0.717, 1.165) is 37.0 Å². The number of anilines is 2. The fourth-order valence-electron chi connectivity index (χ4n) is 2.87. The van der Waals surface area contributed by atoms with E-state index >= 15 is 0 Å². The van der Waals surface area contributed by atoms with Crippen LogP contribution in [0, 0.1) is 0 Å². The lowest BCUT2D eigenvalue weighted by Crippen LogP contribution is -2.48. The molecule has 3 aromatic rings. The largest absolute Gasteiger partial charge is 0.340 e. The van der Waals surface area contributed by atoms with Gasteiger partial charge in [-0.1, -0.05) is 36.4 Å². The number of benzene rings is 1. The lowest BCUT2D eigenvalue weighted by Gasteiger charge is -2.30. The van der Waals surface area contributed by atoms with E-state index in [4.69, 9.17) is 4.98 Å². The van der Waals surface area contributed by atoms with Gasteiger partial charge in [0, 0.05) is 17.0 Å². The Morgan fingerprint density at radius 3 is 2.35 bits per heavy atom. The van der Waals surface area contributed by atoms with E-state index in [-0.39, 0.29) is 0 Å². The van der Waals surface area contributed by atoms with Crippen molar-refractivity contribution in [3.8, 4) is 11.3 Å². The van der Waals surface area contributed by atoms with Crippen molar-refractivity contribution < 1.29 is 4.98 Å². The predicted molar refractivity (Wildman–Crippen MR) is 95.0 cm³/mol. The van der Waals surface area contributed by atoms with Crippen molar-refractivity contribution in [2.24, 2.45) is 0 Å². The quantitative estimate of drug-likeness (QED) is 0.743. The summed E-state index contributed by atoms with van der Waals surface area (Å²) in [6.45, 7) is 4.04. The van der Waals surface area contributed by atoms with E-state index < -0.39 is 0 Å². The van der Waals surface area contributed by atoms with Crippen molar-refractivity contribution in [1.29, 1.82) is 0 Å². The predicted octanol–water partition coefficient (Wildman–Crippen LogP) is 2.95. The smallest absolute Gasteiger partial charge is 0.274 e. The molecule has 0 radical (unpaired) electrons. The van der Waals surface area contributed by atoms with Crippen LogP contribution in [-0.4, -0.2) is 31.2 Å². The molecule has 5 heteroatoms. The molecule has 3 heterocycles. The first kappa shape index (κ1) is 14.2. The summed E-state index contributed by atoms with van der Waals surface area (Å²) in [4.78, 5) is 12.9. The van der Waals surface area contributed by atoms with Gasteiger partial charge >= 0.3 is 0 Å². The molecule has 0 spiro atoms. The second-order valence-electron chi connectivity index (χ2n) is 5.60. The molecule has 0 bridgehead atoms. The van der Waals surface area contributed by atoms with Crippen LogP contribution in [0.3, 0.4) is 0 Å². The standard InChI is InChI=1S/C18H18N4S/c1-2-6-15(7-3-1)16-14-23-18(20-16)22-12-10-21(11-13-22)17-8-4-5-9-19-17/h1-9,14H,10-13H2/p+1. The van der Waals surface area contributed by atoms with Gasteiger partial charge in [0.15, 0.2) is 5.13 Å². The normalized spacial score (nSPS) is 15.0. The number of pyridine rings is 1. The van der Waals surface area contributed by atoms with Gasteiger partial charge in [0.25, 0.3) is 5.82 Å². The molecule has 116 valence electrons. The highest BCUT2D eigenvalue weighted by Crippen LogP contribution is 2.28. The van der Waals surface area contributed by atoms with Gasteiger partial charge in [-0.25, -0.2) is 9.97 Å². The number of H-pyrrole nitrogens is 1. The number of aromatic nitrogens is 2. The van der Waals surface area contributed by atoms with Crippen molar-refractivity contribution in [3.63, 3.8) is 0 Å². The summed E-state index contributed by atoms with van der Waals surface area (Å²) in [5.74, 6) is 1.19. The summed E-state index contributed by atoms with van der Waals surface area (Å²) >= 11 is 1.74. The lowest BCUT2D eigenvalue weighted by molar-refractivity contribution is -0.364. The van der Waals surface area contributed by atoms with Gasteiger partial charge in [0.2, 0.25) is 0 Å². The Morgan fingerprint density at radius 2 is 1.61 bits per heavy atom. The molecule has 1 aliphatic rings. The first-order valence-corrected chi connectivity index (χ1v) is 8.76. The Labute approximate surface area is 140 Å². The first-order valence-electron chi connectivity index (χ1n) is 7.88. The topological polar surface area (TPSA) is 33.5 Å². The number of hydrogen-bond acceptors (Lipinski definition) is 4. The van der Waals surface area contributed by atoms with Crippen molar-refractivity contribution in [3.05, 3.63) is 60.1 Å². The zero-order chi connectivity index (χ0) is 15.5. The number of piperazine rings is 1. The number of thiazole rings is 1. The van der Waals surface area contributed by atoms with E-state index in [9.17, 15) is 0 Å². The SMILES string of the molecule is c1ccc(-c2csc(N3CCN(c4cccc[nH+]4)CC3)n2)cc1. The average molecular weight is 323 g/mol. The average Bonchev–Trinajstić information content (AvgIpc) is 3.14. The summed E-state index contributed by atoms with van der Waals surface area (Å²) in [5.41, 5.74) is 2.26. The van der Waals surface area contributed by atoms with E-state index in [2.05, 4.69) is 56.6 Å². The fraction of sp³-hybridized carbons (Fsp3) is 0.222. The minimum absolute atomic E-state index is 1.00. The van der Waals surface area contributed by atoms with Gasteiger partial charge in [-0.15, -0.1) is 11.3 Å². The van der Waals surface area contributed by atoms with Crippen LogP contribution < -0.4 is 14.8 Å². The Balaban J connectivity index is 1.44. The second kappa shape index (κ2) is 6.38. The highest BCUT2D eigenvalue weighted by molar-refractivity contribution is 7.14. The number of nitrogens with one attached hydrogen (secondary N) is 1. The van der Waals surface area contributed by atoms with Crippen LogP contribution in [0.1, 0.15) is 0 Å². The number of nitrogens with zero attached hydrogens (tertiary/aromatic N) is 3. The molecule has 1 aliphatic heterocycles. The molecule has 0 amide bonds. The molecule has 1 aromatic carbocycles. The monoisotopic (exact) mass is 323 g/mol. The number of hydrogen-bond donors (Lipinski definition) is 0. The Kier molecular flexibility index (Phi) is 3.94. The van der Waals surface area contributed by atoms with Crippen molar-refractivity contribution >= 4 is 22.3 Å². The van der Waals surface area contributed by atoms with Gasteiger partial charge < -0.3 is 4.90 Å². The van der Waals surface area contributed by atoms with Crippen LogP contribution in [0.2, 0.25) is 0 Å². The molecule has 0 saturated carbocycles. The molecule has 1 N–H and O–H groups in total. The van der Waals surface area contributed by atoms with E-state index in [1.165, 1.54) is 11.4 Å². The van der Waals surface area contributed by atoms with Crippen molar-refractivity contribution in [2.75, 3.05) is 36.0 Å². The maximum atomic E-state index is 4.82. The summed E-state index contributed by atoms with van der Waals surface area (Å²) in [7, 11) is 0. The van der Waals surface area contributed by atoms with E-state index in [0.29, 0.717) is 0 Å². The first-order chi connectivity index (χ1) is 11.4. The Morgan fingerprint density at radius 1 is 0.870 bits per heavy atom. The van der Waals surface area contributed by atoms with Crippen molar-refractivity contribution in [1.82, 2.24) is 4.98 Å². The lowest BCUT2D eigenvalue weighted by atomic mass is 10.2. The minimum atomic E-state index is 1.00. The molecule has 0 unspecified atom stereocenters. The fourth-order valence-corrected chi connectivity index (χ4v) is 3.76. The molecule has 4 nitrogen and oxygen atoms in total. The summed E-state index contributed by atoms with van der Waals surface area (Å²) < 4.78 is 0. The number of rotatable bonds is 3. The third kappa shape index (κ3) is 3.05. The molecule has 4 rings (SSSR count). The molecule has 23 heavy (non-hydrogen) atoms. The minimum Gasteiger partial charge on any atom is -0.340 e. The molecule has 1 saturated heterocycles. The summed E-state index contributed by atoms with van der Waals surface area (Å²) in [6, 6.07) is 16.6. The van der Waals surface area contributed by atoms with Gasteiger partial charge in [-0.05, 0) is 6.07 Å². The Bertz CT molecular complexity index is 749. The third-order valence-electron chi connectivity index (χ3n) is 4.15. The zero-order valence-electron chi connectivity index (χ0n) is 12.9. The van der Waals surface area contributed by atoms with Gasteiger partial charge in [-0.2, -0.15) is 0 Å². The highest BCUT2D eigenvalue weighted by Gasteiger charge is 2.24. The van der Waals surface area contributed by atoms with Crippen LogP contribution in [0.5, 0.6) is 0 Å². The van der Waals surface area contributed by atoms with E-state index in [1.54, 1.807) is 11.3 Å². The summed E-state index contributed by atoms with van der Waals surface area (Å²) in [6.07, 6.45) is 1.98. The molecular formula is C18H19N4S+. The molecule has 2 aromatic heterocycles. The zero-order valence-corrected chi connectivity index (χ0v) is 13.7. The molecular weight excluding hydrogens is 304 g/mol. The molecule has 0 atom stereocenters. The van der Waals surface area contributed by atoms with Crippen LogP contribution in [-0.2, 0) is 0 Å². The van der Waals surface area contributed by atoms with Gasteiger partial charge in [0.05, 0.1) is 25.0 Å². The molecule has 1 fully saturated rings.